The summed E-state index contributed by atoms with van der Waals surface area (Å²) in [5, 5.41) is 9.91. The van der Waals surface area contributed by atoms with Crippen molar-refractivity contribution in [3.05, 3.63) is 158 Å². The molecule has 0 aliphatic rings. The minimum Gasteiger partial charge on any atom is -0.456 e. The third-order valence-electron chi connectivity index (χ3n) is 11.5. The molecule has 1 N–H and O–H groups in total. The first kappa shape index (κ1) is 28.2. The van der Waals surface area contributed by atoms with Gasteiger partial charge in [0, 0.05) is 43.3 Å². The van der Waals surface area contributed by atoms with Crippen LogP contribution < -0.4 is 4.98 Å². The Morgan fingerprint density at radius 3 is 1.91 bits per heavy atom. The smallest absolute Gasteiger partial charge is 0.293 e. The van der Waals surface area contributed by atoms with Gasteiger partial charge in [0.05, 0.1) is 10.8 Å². The third-order valence-corrected chi connectivity index (χ3v) is 11.5. The molecule has 0 bridgehead atoms. The summed E-state index contributed by atoms with van der Waals surface area (Å²) in [5.74, 6) is 0. The van der Waals surface area contributed by atoms with Crippen LogP contribution in [0.3, 0.4) is 0 Å². The van der Waals surface area contributed by atoms with Gasteiger partial charge in [-0.15, -0.1) is 0 Å². The van der Waals surface area contributed by atoms with Crippen LogP contribution in [0.25, 0.3) is 126 Å². The lowest BCUT2D eigenvalue weighted by Crippen LogP contribution is -2.01. The zero-order chi connectivity index (χ0) is 35.1. The quantitative estimate of drug-likeness (QED) is 0.170. The van der Waals surface area contributed by atoms with E-state index >= 15 is 0 Å². The highest BCUT2D eigenvalue weighted by molar-refractivity contribution is 6.33. The van der Waals surface area contributed by atoms with Crippen molar-refractivity contribution in [1.29, 1.82) is 0 Å². The van der Waals surface area contributed by atoms with Gasteiger partial charge in [0.2, 0.25) is 0 Å². The fourth-order valence-corrected chi connectivity index (χ4v) is 9.04. The van der Waals surface area contributed by atoms with E-state index in [2.05, 4.69) is 143 Å². The fourth-order valence-electron chi connectivity index (χ4n) is 9.04. The van der Waals surface area contributed by atoms with Gasteiger partial charge in [0.1, 0.15) is 39.0 Å². The number of imidazole rings is 1. The number of aromatic nitrogens is 2. The zero-order valence-corrected chi connectivity index (χ0v) is 28.7. The van der Waals surface area contributed by atoms with E-state index in [0.29, 0.717) is 0 Å². The number of furan rings is 3. The molecule has 0 atom stereocenters. The van der Waals surface area contributed by atoms with E-state index in [9.17, 15) is 0 Å². The number of rotatable bonds is 2. The molecule has 5 aromatic heterocycles. The highest BCUT2D eigenvalue weighted by atomic mass is 16.3. The monoisotopic (exact) mass is 691 g/mol. The minimum atomic E-state index is 0.793. The topological polar surface area (TPSA) is 58.0 Å². The maximum Gasteiger partial charge on any atom is 0.293 e. The molecule has 0 fully saturated rings. The first-order chi connectivity index (χ1) is 26.8. The third kappa shape index (κ3) is 3.65. The molecule has 0 saturated heterocycles. The Morgan fingerprint density at radius 2 is 1.04 bits per heavy atom. The Kier molecular flexibility index (Phi) is 5.31. The number of nitrogens with zero attached hydrogens (tertiary/aromatic N) is 1. The van der Waals surface area contributed by atoms with E-state index in [0.717, 1.165) is 105 Å². The van der Waals surface area contributed by atoms with Crippen LogP contribution >= 0.6 is 0 Å². The Labute approximate surface area is 305 Å². The molecular formula is C49H27N2O3+. The van der Waals surface area contributed by atoms with Crippen molar-refractivity contribution >= 4 is 104 Å². The predicted molar refractivity (Wildman–Crippen MR) is 219 cm³/mol. The van der Waals surface area contributed by atoms with Crippen LogP contribution in [0.1, 0.15) is 0 Å². The highest BCUT2D eigenvalue weighted by Crippen LogP contribution is 2.47. The van der Waals surface area contributed by atoms with Gasteiger partial charge in [-0.3, -0.25) is 0 Å². The lowest BCUT2D eigenvalue weighted by atomic mass is 9.95. The van der Waals surface area contributed by atoms with Crippen LogP contribution in [0.15, 0.2) is 171 Å². The maximum absolute atomic E-state index is 6.72. The molecule has 0 radical (unpaired) electrons. The lowest BCUT2D eigenvalue weighted by Gasteiger charge is -2.09. The normalized spacial score (nSPS) is 12.4. The van der Waals surface area contributed by atoms with Crippen molar-refractivity contribution < 1.29 is 18.2 Å². The summed E-state index contributed by atoms with van der Waals surface area (Å²) in [6, 6.07) is 55.6. The van der Waals surface area contributed by atoms with Crippen molar-refractivity contribution in [2.75, 3.05) is 0 Å². The highest BCUT2D eigenvalue weighted by Gasteiger charge is 2.24. The fraction of sp³-hybridized carbons (Fsp3) is 0. The molecule has 13 aromatic rings. The summed E-state index contributed by atoms with van der Waals surface area (Å²) in [4.78, 5) is 3.70. The van der Waals surface area contributed by atoms with E-state index in [-0.39, 0.29) is 0 Å². The molecule has 5 heteroatoms. The minimum absolute atomic E-state index is 0.793. The second-order valence-electron chi connectivity index (χ2n) is 14.3. The number of fused-ring (bicyclic) bond motifs is 19. The summed E-state index contributed by atoms with van der Waals surface area (Å²) in [6.45, 7) is 0. The lowest BCUT2D eigenvalue weighted by molar-refractivity contribution is -0.309. The number of hydrogen-bond acceptors (Lipinski definition) is 3. The largest absolute Gasteiger partial charge is 0.456 e. The molecule has 0 aliphatic heterocycles. The van der Waals surface area contributed by atoms with Crippen LogP contribution in [-0.4, -0.2) is 4.40 Å². The summed E-state index contributed by atoms with van der Waals surface area (Å²) in [7, 11) is 0. The molecule has 0 spiro atoms. The molecular weight excluding hydrogens is 665 g/mol. The number of pyridine rings is 1. The molecule has 0 aliphatic carbocycles. The number of H-pyrrole nitrogens is 1. The van der Waals surface area contributed by atoms with Crippen LogP contribution in [-0.2, 0) is 0 Å². The second kappa shape index (κ2) is 10.1. The average Bonchev–Trinajstić information content (AvgIpc) is 4.00. The molecule has 0 amide bonds. The van der Waals surface area contributed by atoms with E-state index in [4.69, 9.17) is 13.3 Å². The van der Waals surface area contributed by atoms with E-state index < -0.39 is 0 Å². The first-order valence-electron chi connectivity index (χ1n) is 18.3. The summed E-state index contributed by atoms with van der Waals surface area (Å²) >= 11 is 0. The summed E-state index contributed by atoms with van der Waals surface area (Å²) < 4.78 is 22.3. The van der Waals surface area contributed by atoms with Crippen molar-refractivity contribution in [2.45, 2.75) is 0 Å². The van der Waals surface area contributed by atoms with E-state index in [1.54, 1.807) is 0 Å². The Balaban J connectivity index is 1.02. The molecule has 250 valence electrons. The van der Waals surface area contributed by atoms with Crippen LogP contribution in [0.5, 0.6) is 0 Å². The van der Waals surface area contributed by atoms with Gasteiger partial charge in [0.15, 0.2) is 11.0 Å². The number of hydrogen-bond donors (Lipinski definition) is 0. The predicted octanol–water partition coefficient (Wildman–Crippen LogP) is 13.2. The SMILES string of the molecule is c1ccc2c(c1)[nH+]c1c3ccccc3c3ccc(-c4ccc(-c5cc6oc7ccc8c9ccccc9oc8c7c6c6c5oc5ccccc56)cc4)cc3n21. The number of para-hydroxylation sites is 4. The van der Waals surface area contributed by atoms with Gasteiger partial charge in [-0.2, -0.15) is 4.40 Å². The maximum atomic E-state index is 6.72. The van der Waals surface area contributed by atoms with E-state index in [1.807, 2.05) is 24.3 Å². The molecule has 5 nitrogen and oxygen atoms in total. The molecule has 13 rings (SSSR count). The Bertz CT molecular complexity index is 3730. The Hall–Kier alpha value is -7.37. The van der Waals surface area contributed by atoms with Crippen molar-refractivity contribution in [2.24, 2.45) is 0 Å². The van der Waals surface area contributed by atoms with Gasteiger partial charge < -0.3 is 13.3 Å². The second-order valence-corrected chi connectivity index (χ2v) is 14.3. The van der Waals surface area contributed by atoms with E-state index in [1.165, 1.54) is 21.7 Å². The van der Waals surface area contributed by atoms with Gasteiger partial charge in [0.25, 0.3) is 5.65 Å². The van der Waals surface area contributed by atoms with Gasteiger partial charge in [-0.25, -0.2) is 4.98 Å². The first-order valence-corrected chi connectivity index (χ1v) is 18.3. The molecule has 5 heterocycles. The summed E-state index contributed by atoms with van der Waals surface area (Å²) in [6.07, 6.45) is 0. The van der Waals surface area contributed by atoms with Gasteiger partial charge >= 0.3 is 0 Å². The molecule has 54 heavy (non-hydrogen) atoms. The van der Waals surface area contributed by atoms with Gasteiger partial charge in [-0.1, -0.05) is 97.1 Å². The van der Waals surface area contributed by atoms with Crippen LogP contribution in [0.2, 0.25) is 0 Å². The van der Waals surface area contributed by atoms with Crippen molar-refractivity contribution in [1.82, 2.24) is 4.40 Å². The average molecular weight is 692 g/mol. The molecule has 0 saturated carbocycles. The number of benzene rings is 8. The van der Waals surface area contributed by atoms with Crippen molar-refractivity contribution in [3.8, 4) is 22.3 Å². The molecule has 0 unspecified atom stereocenters. The molecule has 8 aromatic carbocycles. The van der Waals surface area contributed by atoms with Gasteiger partial charge in [-0.05, 0) is 77.4 Å². The Morgan fingerprint density at radius 1 is 0.370 bits per heavy atom. The zero-order valence-electron chi connectivity index (χ0n) is 28.7. The number of nitrogens with one attached hydrogen (secondary N) is 1. The summed E-state index contributed by atoms with van der Waals surface area (Å²) in [5.41, 5.74) is 13.9. The van der Waals surface area contributed by atoms with Crippen LogP contribution in [0.4, 0.5) is 0 Å². The standard InChI is InChI=1S/C49H26N2O3/c1-2-11-34-30(9-1)31-22-21-29(25-39(31)51-38-14-6-5-13-37(38)50-49(34)51)27-17-19-28(20-18-27)36-26-43-45(44-35-12-4-8-16-41(35)54-48(36)44)46-42(52-43)24-23-33-32-10-3-7-15-40(32)53-47(33)46/h1-26H/p+1. The van der Waals surface area contributed by atoms with Crippen molar-refractivity contribution in [3.63, 3.8) is 0 Å². The number of aromatic amines is 1. The van der Waals surface area contributed by atoms with Crippen LogP contribution in [0, 0.1) is 0 Å².